The Bertz CT molecular complexity index is 404. The molecule has 1 aromatic carbocycles. The van der Waals surface area contributed by atoms with Crippen LogP contribution in [0.25, 0.3) is 0 Å². The molecule has 0 aliphatic rings. The van der Waals surface area contributed by atoms with Crippen molar-refractivity contribution in [2.75, 3.05) is 13.1 Å². The van der Waals surface area contributed by atoms with Crippen molar-refractivity contribution >= 4 is 29.0 Å². The van der Waals surface area contributed by atoms with Gasteiger partial charge in [0.15, 0.2) is 5.84 Å². The standard InChI is InChI=1S/C12H17Cl2N3O/c1-2-6-17(8-12(15)16-18)7-9-10(13)4-3-5-11(9)14/h3-5,18H,2,6-8H2,1H3,(H2,15,16). The molecule has 0 spiro atoms. The van der Waals surface area contributed by atoms with Gasteiger partial charge in [-0.05, 0) is 25.1 Å². The lowest BCUT2D eigenvalue weighted by Crippen LogP contribution is -2.34. The van der Waals surface area contributed by atoms with Gasteiger partial charge in [0.25, 0.3) is 0 Å². The Morgan fingerprint density at radius 2 is 2.00 bits per heavy atom. The van der Waals surface area contributed by atoms with Crippen molar-refractivity contribution in [2.45, 2.75) is 19.9 Å². The molecule has 0 radical (unpaired) electrons. The van der Waals surface area contributed by atoms with Crippen LogP contribution in [0.2, 0.25) is 10.0 Å². The summed E-state index contributed by atoms with van der Waals surface area (Å²) in [6, 6.07) is 5.41. The summed E-state index contributed by atoms with van der Waals surface area (Å²) in [5, 5.41) is 12.9. The highest BCUT2D eigenvalue weighted by Crippen LogP contribution is 2.25. The number of oxime groups is 1. The first-order chi connectivity index (χ1) is 8.58. The minimum atomic E-state index is 0.173. The van der Waals surface area contributed by atoms with Crippen molar-refractivity contribution in [3.05, 3.63) is 33.8 Å². The lowest BCUT2D eigenvalue weighted by Gasteiger charge is -2.22. The summed E-state index contributed by atoms with van der Waals surface area (Å²) < 4.78 is 0. The molecule has 3 N–H and O–H groups in total. The fourth-order valence-electron chi connectivity index (χ4n) is 1.70. The van der Waals surface area contributed by atoms with E-state index in [1.807, 2.05) is 11.0 Å². The first-order valence-corrected chi connectivity index (χ1v) is 6.45. The summed E-state index contributed by atoms with van der Waals surface area (Å²) in [4.78, 5) is 2.03. The molecule has 0 heterocycles. The van der Waals surface area contributed by atoms with Crippen LogP contribution in [-0.4, -0.2) is 29.0 Å². The fourth-order valence-corrected chi connectivity index (χ4v) is 2.21. The van der Waals surface area contributed by atoms with Crippen LogP contribution in [0.1, 0.15) is 18.9 Å². The highest BCUT2D eigenvalue weighted by atomic mass is 35.5. The average Bonchev–Trinajstić information content (AvgIpc) is 2.34. The van der Waals surface area contributed by atoms with Crippen molar-refractivity contribution in [2.24, 2.45) is 10.9 Å². The number of hydrogen-bond donors (Lipinski definition) is 2. The maximum atomic E-state index is 8.61. The molecule has 0 saturated heterocycles. The molecular weight excluding hydrogens is 273 g/mol. The quantitative estimate of drug-likeness (QED) is 0.366. The summed E-state index contributed by atoms with van der Waals surface area (Å²) >= 11 is 12.2. The van der Waals surface area contributed by atoms with Crippen LogP contribution in [0.5, 0.6) is 0 Å². The van der Waals surface area contributed by atoms with E-state index in [1.165, 1.54) is 0 Å². The minimum Gasteiger partial charge on any atom is -0.409 e. The first kappa shape index (κ1) is 15.1. The summed E-state index contributed by atoms with van der Waals surface area (Å²) in [7, 11) is 0. The number of halogens is 2. The third-order valence-electron chi connectivity index (χ3n) is 2.50. The maximum Gasteiger partial charge on any atom is 0.153 e. The van der Waals surface area contributed by atoms with Crippen LogP contribution in [0.3, 0.4) is 0 Å². The van der Waals surface area contributed by atoms with Gasteiger partial charge in [0.05, 0.1) is 6.54 Å². The van der Waals surface area contributed by atoms with E-state index in [2.05, 4.69) is 12.1 Å². The van der Waals surface area contributed by atoms with E-state index >= 15 is 0 Å². The molecule has 0 amide bonds. The predicted molar refractivity (Wildman–Crippen MR) is 75.4 cm³/mol. The Morgan fingerprint density at radius 3 is 2.50 bits per heavy atom. The van der Waals surface area contributed by atoms with Gasteiger partial charge in [-0.2, -0.15) is 0 Å². The number of benzene rings is 1. The molecule has 0 fully saturated rings. The fraction of sp³-hybridized carbons (Fsp3) is 0.417. The molecule has 0 bridgehead atoms. The second-order valence-corrected chi connectivity index (χ2v) is 4.82. The average molecular weight is 290 g/mol. The third kappa shape index (κ3) is 4.37. The van der Waals surface area contributed by atoms with Crippen LogP contribution >= 0.6 is 23.2 Å². The topological polar surface area (TPSA) is 61.8 Å². The molecule has 4 nitrogen and oxygen atoms in total. The van der Waals surface area contributed by atoms with Gasteiger partial charge < -0.3 is 10.9 Å². The SMILES string of the molecule is CCCN(CC(N)=NO)Cc1c(Cl)cccc1Cl. The van der Waals surface area contributed by atoms with E-state index in [1.54, 1.807) is 12.1 Å². The van der Waals surface area contributed by atoms with Gasteiger partial charge in [-0.1, -0.05) is 41.3 Å². The summed E-state index contributed by atoms with van der Waals surface area (Å²) in [6.07, 6.45) is 0.959. The summed E-state index contributed by atoms with van der Waals surface area (Å²) in [6.45, 7) is 3.83. The Balaban J connectivity index is 2.82. The van der Waals surface area contributed by atoms with E-state index in [0.29, 0.717) is 23.1 Å². The number of rotatable bonds is 6. The predicted octanol–water partition coefficient (Wildman–Crippen LogP) is 2.95. The molecule has 0 aromatic heterocycles. The number of hydrogen-bond acceptors (Lipinski definition) is 3. The molecule has 1 aromatic rings. The zero-order valence-electron chi connectivity index (χ0n) is 10.2. The lowest BCUT2D eigenvalue weighted by atomic mass is 10.2. The molecule has 1 rings (SSSR count). The van der Waals surface area contributed by atoms with Crippen LogP contribution < -0.4 is 5.73 Å². The Kier molecular flexibility index (Phi) is 6.25. The molecule has 0 aliphatic carbocycles. The first-order valence-electron chi connectivity index (χ1n) is 5.70. The number of nitrogens with zero attached hydrogens (tertiary/aromatic N) is 2. The van der Waals surface area contributed by atoms with E-state index in [0.717, 1.165) is 18.5 Å². The number of amidine groups is 1. The molecule has 0 unspecified atom stereocenters. The Hall–Kier alpha value is -0.970. The molecule has 0 saturated carbocycles. The smallest absolute Gasteiger partial charge is 0.153 e. The van der Waals surface area contributed by atoms with Crippen LogP contribution in [0.4, 0.5) is 0 Å². The van der Waals surface area contributed by atoms with Gasteiger partial charge in [0.2, 0.25) is 0 Å². The van der Waals surface area contributed by atoms with Gasteiger partial charge in [-0.15, -0.1) is 0 Å². The van der Waals surface area contributed by atoms with Gasteiger partial charge in [-0.3, -0.25) is 4.90 Å². The second kappa shape index (κ2) is 7.46. The molecule has 6 heteroatoms. The van der Waals surface area contributed by atoms with E-state index < -0.39 is 0 Å². The zero-order chi connectivity index (χ0) is 13.5. The highest BCUT2D eigenvalue weighted by molar-refractivity contribution is 6.35. The summed E-state index contributed by atoms with van der Waals surface area (Å²) in [5.41, 5.74) is 6.39. The Labute approximate surface area is 117 Å². The molecule has 0 atom stereocenters. The van der Waals surface area contributed by atoms with Gasteiger partial charge >= 0.3 is 0 Å². The van der Waals surface area contributed by atoms with Gasteiger partial charge in [0, 0.05) is 22.2 Å². The normalized spacial score (nSPS) is 12.1. The van der Waals surface area contributed by atoms with Crippen LogP contribution in [-0.2, 0) is 6.54 Å². The van der Waals surface area contributed by atoms with Gasteiger partial charge in [-0.25, -0.2) is 0 Å². The van der Waals surface area contributed by atoms with Crippen LogP contribution in [0.15, 0.2) is 23.4 Å². The van der Waals surface area contributed by atoms with Crippen molar-refractivity contribution < 1.29 is 5.21 Å². The second-order valence-electron chi connectivity index (χ2n) is 4.00. The molecule has 18 heavy (non-hydrogen) atoms. The van der Waals surface area contributed by atoms with Crippen molar-refractivity contribution in [1.82, 2.24) is 4.90 Å². The molecular formula is C12H17Cl2N3O. The molecule has 0 aliphatic heterocycles. The number of nitrogens with two attached hydrogens (primary N) is 1. The summed E-state index contributed by atoms with van der Waals surface area (Å²) in [5.74, 6) is 0.173. The third-order valence-corrected chi connectivity index (χ3v) is 3.21. The monoisotopic (exact) mass is 289 g/mol. The maximum absolute atomic E-state index is 8.61. The minimum absolute atomic E-state index is 0.173. The van der Waals surface area contributed by atoms with E-state index in [4.69, 9.17) is 34.1 Å². The largest absolute Gasteiger partial charge is 0.409 e. The lowest BCUT2D eigenvalue weighted by molar-refractivity contribution is 0.286. The zero-order valence-corrected chi connectivity index (χ0v) is 11.7. The van der Waals surface area contributed by atoms with Crippen LogP contribution in [0, 0.1) is 0 Å². The van der Waals surface area contributed by atoms with Crippen molar-refractivity contribution in [1.29, 1.82) is 0 Å². The Morgan fingerprint density at radius 1 is 1.39 bits per heavy atom. The van der Waals surface area contributed by atoms with Gasteiger partial charge in [0.1, 0.15) is 0 Å². The van der Waals surface area contributed by atoms with E-state index in [-0.39, 0.29) is 5.84 Å². The highest BCUT2D eigenvalue weighted by Gasteiger charge is 2.12. The molecule has 100 valence electrons. The van der Waals surface area contributed by atoms with Crippen molar-refractivity contribution in [3.63, 3.8) is 0 Å². The van der Waals surface area contributed by atoms with Crippen molar-refractivity contribution in [3.8, 4) is 0 Å². The van der Waals surface area contributed by atoms with E-state index in [9.17, 15) is 0 Å².